The number of piperidine rings is 1. The normalized spacial score (nSPS) is 15.2. The Hall–Kier alpha value is -2.90. The van der Waals surface area contributed by atoms with Crippen LogP contribution in [0.15, 0.2) is 82.3 Å². The SMILES string of the molecule is Cc1ccc(S(=O)(=O)N(CC(=O)N2CCC(c3ccccc3)CC2)Cc2ccco2)cc1. The van der Waals surface area contributed by atoms with E-state index in [0.717, 1.165) is 18.4 Å². The van der Waals surface area contributed by atoms with Crippen molar-refractivity contribution in [3.8, 4) is 0 Å². The van der Waals surface area contributed by atoms with E-state index in [9.17, 15) is 13.2 Å². The van der Waals surface area contributed by atoms with E-state index >= 15 is 0 Å². The summed E-state index contributed by atoms with van der Waals surface area (Å²) in [5, 5.41) is 0. The van der Waals surface area contributed by atoms with Gasteiger partial charge in [-0.3, -0.25) is 4.79 Å². The molecule has 0 unspecified atom stereocenters. The van der Waals surface area contributed by atoms with Crippen LogP contribution in [0, 0.1) is 6.92 Å². The Morgan fingerprint density at radius 3 is 2.31 bits per heavy atom. The number of carbonyl (C=O) groups is 1. The first-order valence-corrected chi connectivity index (χ1v) is 12.3. The van der Waals surface area contributed by atoms with E-state index in [0.29, 0.717) is 24.8 Å². The predicted octanol–water partition coefficient (Wildman–Crippen LogP) is 4.19. The van der Waals surface area contributed by atoms with Crippen LogP contribution in [0.3, 0.4) is 0 Å². The highest BCUT2D eigenvalue weighted by Crippen LogP contribution is 2.28. The molecule has 0 radical (unpaired) electrons. The molecule has 0 saturated carbocycles. The van der Waals surface area contributed by atoms with Gasteiger partial charge in [0.05, 0.1) is 24.2 Å². The first-order valence-electron chi connectivity index (χ1n) is 10.9. The number of nitrogens with zero attached hydrogens (tertiary/aromatic N) is 2. The Morgan fingerprint density at radius 2 is 1.69 bits per heavy atom. The number of carbonyl (C=O) groups excluding carboxylic acids is 1. The van der Waals surface area contributed by atoms with Crippen LogP contribution in [0.4, 0.5) is 0 Å². The van der Waals surface area contributed by atoms with E-state index in [1.54, 1.807) is 41.3 Å². The second-order valence-electron chi connectivity index (χ2n) is 8.23. The molecule has 1 aromatic heterocycles. The van der Waals surface area contributed by atoms with Gasteiger partial charge in [-0.05, 0) is 55.5 Å². The molecule has 0 N–H and O–H groups in total. The van der Waals surface area contributed by atoms with Gasteiger partial charge >= 0.3 is 0 Å². The molecule has 0 atom stereocenters. The highest BCUT2D eigenvalue weighted by Gasteiger charge is 2.31. The Bertz CT molecular complexity index is 1120. The van der Waals surface area contributed by atoms with Crippen LogP contribution in [0.2, 0.25) is 0 Å². The maximum Gasteiger partial charge on any atom is 0.243 e. The molecule has 1 saturated heterocycles. The van der Waals surface area contributed by atoms with E-state index in [1.165, 1.54) is 16.1 Å². The molecule has 168 valence electrons. The van der Waals surface area contributed by atoms with Gasteiger partial charge in [0, 0.05) is 13.1 Å². The van der Waals surface area contributed by atoms with Gasteiger partial charge < -0.3 is 9.32 Å². The van der Waals surface area contributed by atoms with Crippen molar-refractivity contribution in [2.24, 2.45) is 0 Å². The fourth-order valence-corrected chi connectivity index (χ4v) is 5.46. The maximum atomic E-state index is 13.3. The van der Waals surface area contributed by atoms with Crippen LogP contribution >= 0.6 is 0 Å². The minimum absolute atomic E-state index is 0.00936. The van der Waals surface area contributed by atoms with Gasteiger partial charge in [0.1, 0.15) is 5.76 Å². The van der Waals surface area contributed by atoms with Crippen molar-refractivity contribution < 1.29 is 17.6 Å². The molecule has 2 heterocycles. The second-order valence-corrected chi connectivity index (χ2v) is 10.2. The molecule has 1 aliphatic heterocycles. The highest BCUT2D eigenvalue weighted by atomic mass is 32.2. The molecular weight excluding hydrogens is 424 g/mol. The average Bonchev–Trinajstić information content (AvgIpc) is 3.33. The lowest BCUT2D eigenvalue weighted by Gasteiger charge is -2.33. The largest absolute Gasteiger partial charge is 0.468 e. The molecule has 32 heavy (non-hydrogen) atoms. The summed E-state index contributed by atoms with van der Waals surface area (Å²) < 4.78 is 33.3. The second kappa shape index (κ2) is 9.71. The summed E-state index contributed by atoms with van der Waals surface area (Å²) in [5.74, 6) is 0.741. The van der Waals surface area contributed by atoms with Crippen molar-refractivity contribution in [3.05, 3.63) is 89.9 Å². The van der Waals surface area contributed by atoms with E-state index in [1.807, 2.05) is 25.1 Å². The zero-order valence-corrected chi connectivity index (χ0v) is 19.0. The standard InChI is InChI=1S/C25H28N2O4S/c1-20-9-11-24(12-10-20)32(29,30)27(18-23-8-5-17-31-23)19-25(28)26-15-13-22(14-16-26)21-6-3-2-4-7-21/h2-12,17,22H,13-16,18-19H2,1H3. The molecule has 3 aromatic rings. The quantitative estimate of drug-likeness (QED) is 0.539. The predicted molar refractivity (Wildman–Crippen MR) is 122 cm³/mol. The molecule has 1 amide bonds. The van der Waals surface area contributed by atoms with E-state index in [4.69, 9.17) is 4.42 Å². The fraction of sp³-hybridized carbons (Fsp3) is 0.320. The topological polar surface area (TPSA) is 70.8 Å². The smallest absolute Gasteiger partial charge is 0.243 e. The fourth-order valence-electron chi connectivity index (χ4n) is 4.10. The van der Waals surface area contributed by atoms with E-state index in [2.05, 4.69) is 12.1 Å². The Labute approximate surface area is 189 Å². The van der Waals surface area contributed by atoms with Crippen molar-refractivity contribution in [1.82, 2.24) is 9.21 Å². The van der Waals surface area contributed by atoms with Gasteiger partial charge in [-0.2, -0.15) is 4.31 Å². The summed E-state index contributed by atoms with van der Waals surface area (Å²) in [6, 6.07) is 20.4. The van der Waals surface area contributed by atoms with Crippen LogP contribution in [0.5, 0.6) is 0 Å². The lowest BCUT2D eigenvalue weighted by Crippen LogP contribution is -2.45. The lowest BCUT2D eigenvalue weighted by molar-refractivity contribution is -0.132. The van der Waals surface area contributed by atoms with Gasteiger partial charge in [0.15, 0.2) is 0 Å². The number of amides is 1. The summed E-state index contributed by atoms with van der Waals surface area (Å²) in [4.78, 5) is 15.1. The molecule has 0 spiro atoms. The number of likely N-dealkylation sites (tertiary alicyclic amines) is 1. The van der Waals surface area contributed by atoms with Crippen molar-refractivity contribution in [3.63, 3.8) is 0 Å². The van der Waals surface area contributed by atoms with Gasteiger partial charge in [-0.25, -0.2) is 8.42 Å². The maximum absolute atomic E-state index is 13.3. The van der Waals surface area contributed by atoms with E-state index in [-0.39, 0.29) is 23.9 Å². The summed E-state index contributed by atoms with van der Waals surface area (Å²) in [6.45, 7) is 2.94. The summed E-state index contributed by atoms with van der Waals surface area (Å²) in [7, 11) is -3.86. The average molecular weight is 453 g/mol. The van der Waals surface area contributed by atoms with Crippen molar-refractivity contribution in [2.45, 2.75) is 37.1 Å². The number of sulfonamides is 1. The Morgan fingerprint density at radius 1 is 1.00 bits per heavy atom. The molecule has 1 aliphatic rings. The van der Waals surface area contributed by atoms with Crippen LogP contribution in [-0.4, -0.2) is 43.2 Å². The summed E-state index contributed by atoms with van der Waals surface area (Å²) in [5.41, 5.74) is 2.26. The number of furan rings is 1. The third-order valence-corrected chi connectivity index (χ3v) is 7.81. The Balaban J connectivity index is 1.47. The molecule has 1 fully saturated rings. The number of rotatable bonds is 7. The first-order chi connectivity index (χ1) is 15.4. The zero-order chi connectivity index (χ0) is 22.6. The van der Waals surface area contributed by atoms with Crippen LogP contribution < -0.4 is 0 Å². The number of benzene rings is 2. The number of hydrogen-bond donors (Lipinski definition) is 0. The zero-order valence-electron chi connectivity index (χ0n) is 18.2. The summed E-state index contributed by atoms with van der Waals surface area (Å²) >= 11 is 0. The highest BCUT2D eigenvalue weighted by molar-refractivity contribution is 7.89. The van der Waals surface area contributed by atoms with Crippen molar-refractivity contribution in [2.75, 3.05) is 19.6 Å². The van der Waals surface area contributed by atoms with Gasteiger partial charge in [0.25, 0.3) is 0 Å². The Kier molecular flexibility index (Phi) is 6.77. The van der Waals surface area contributed by atoms with Crippen LogP contribution in [-0.2, 0) is 21.4 Å². The molecule has 4 rings (SSSR count). The molecule has 6 nitrogen and oxygen atoms in total. The molecule has 7 heteroatoms. The monoisotopic (exact) mass is 452 g/mol. The lowest BCUT2D eigenvalue weighted by atomic mass is 9.89. The van der Waals surface area contributed by atoms with Crippen molar-refractivity contribution in [1.29, 1.82) is 0 Å². The van der Waals surface area contributed by atoms with Gasteiger partial charge in [0.2, 0.25) is 15.9 Å². The van der Waals surface area contributed by atoms with Crippen LogP contribution in [0.1, 0.15) is 35.6 Å². The number of hydrogen-bond acceptors (Lipinski definition) is 4. The van der Waals surface area contributed by atoms with Gasteiger partial charge in [-0.15, -0.1) is 0 Å². The van der Waals surface area contributed by atoms with E-state index < -0.39 is 10.0 Å². The van der Waals surface area contributed by atoms with Gasteiger partial charge in [-0.1, -0.05) is 48.0 Å². The molecule has 0 aliphatic carbocycles. The molecular formula is C25H28N2O4S. The molecule has 2 aromatic carbocycles. The first kappa shape index (κ1) is 22.3. The van der Waals surface area contributed by atoms with Crippen molar-refractivity contribution >= 4 is 15.9 Å². The third-order valence-electron chi connectivity index (χ3n) is 6.00. The number of aryl methyl sites for hydroxylation is 1. The van der Waals surface area contributed by atoms with Crippen LogP contribution in [0.25, 0.3) is 0 Å². The minimum Gasteiger partial charge on any atom is -0.468 e. The molecule has 0 bridgehead atoms. The summed E-state index contributed by atoms with van der Waals surface area (Å²) in [6.07, 6.45) is 3.25. The minimum atomic E-state index is -3.86. The third kappa shape index (κ3) is 5.11.